The molecule has 8 heteroatoms. The minimum absolute atomic E-state index is 0.0528. The Labute approximate surface area is 188 Å². The molecule has 0 aliphatic rings. The second kappa shape index (κ2) is 9.18. The number of aromatic nitrogens is 1. The lowest BCUT2D eigenvalue weighted by Crippen LogP contribution is -2.37. The molecule has 0 aliphatic carbocycles. The Balaban J connectivity index is 1.87. The maximum Gasteiger partial charge on any atom is 0.264 e. The molecule has 1 aromatic heterocycles. The highest BCUT2D eigenvalue weighted by Gasteiger charge is 2.27. The van der Waals surface area contributed by atoms with E-state index < -0.39 is 11.6 Å². The molecule has 4 aromatic rings. The molecule has 0 fully saturated rings. The second-order valence-corrected chi connectivity index (χ2v) is 8.59. The summed E-state index contributed by atoms with van der Waals surface area (Å²) in [6, 6.07) is 13.3. The van der Waals surface area contributed by atoms with Gasteiger partial charge >= 0.3 is 0 Å². The van der Waals surface area contributed by atoms with E-state index in [4.69, 9.17) is 4.74 Å². The summed E-state index contributed by atoms with van der Waals surface area (Å²) in [5.41, 5.74) is 0.478. The third-order valence-corrected chi connectivity index (χ3v) is 6.08. The standard InChI is InChI=1S/C24H23F2N3O2S/c1-4-31-19-10-9-15-7-5-6-8-17(15)21(19)23(30)29(12-11-28(2)3)24-27-22-18(26)13-16(25)14-20(22)32-24/h5-10,13-14H,4,11-12H2,1-3H3. The molecule has 0 bridgehead atoms. The zero-order valence-corrected chi connectivity index (χ0v) is 18.9. The van der Waals surface area contributed by atoms with Gasteiger partial charge < -0.3 is 9.64 Å². The number of likely N-dealkylation sites (N-methyl/N-ethyl adjacent to an activating group) is 1. The number of rotatable bonds is 7. The number of carbonyl (C=O) groups excluding carboxylic acids is 1. The van der Waals surface area contributed by atoms with Gasteiger partial charge in [-0.2, -0.15) is 0 Å². The van der Waals surface area contributed by atoms with Crippen LogP contribution in [0.1, 0.15) is 17.3 Å². The highest BCUT2D eigenvalue weighted by atomic mass is 32.1. The molecule has 0 spiro atoms. The molecule has 0 saturated heterocycles. The van der Waals surface area contributed by atoms with Gasteiger partial charge in [0.05, 0.1) is 16.9 Å². The number of hydrogen-bond donors (Lipinski definition) is 0. The normalized spacial score (nSPS) is 11.4. The third-order valence-electron chi connectivity index (χ3n) is 5.05. The average molecular weight is 456 g/mol. The smallest absolute Gasteiger partial charge is 0.264 e. The van der Waals surface area contributed by atoms with E-state index in [1.54, 1.807) is 6.07 Å². The van der Waals surface area contributed by atoms with Crippen LogP contribution >= 0.6 is 11.3 Å². The van der Waals surface area contributed by atoms with Crippen molar-refractivity contribution in [3.63, 3.8) is 0 Å². The van der Waals surface area contributed by atoms with Crippen LogP contribution in [-0.4, -0.2) is 49.6 Å². The van der Waals surface area contributed by atoms with E-state index >= 15 is 0 Å². The molecule has 166 valence electrons. The maximum absolute atomic E-state index is 14.3. The molecule has 5 nitrogen and oxygen atoms in total. The van der Waals surface area contributed by atoms with Crippen molar-refractivity contribution in [1.82, 2.24) is 9.88 Å². The molecule has 0 N–H and O–H groups in total. The van der Waals surface area contributed by atoms with Gasteiger partial charge in [0.1, 0.15) is 17.1 Å². The number of ether oxygens (including phenoxy) is 1. The largest absolute Gasteiger partial charge is 0.493 e. The van der Waals surface area contributed by atoms with Gasteiger partial charge in [-0.15, -0.1) is 0 Å². The van der Waals surface area contributed by atoms with Gasteiger partial charge in [0.2, 0.25) is 0 Å². The molecule has 0 saturated carbocycles. The van der Waals surface area contributed by atoms with Crippen molar-refractivity contribution >= 4 is 43.4 Å². The SMILES string of the molecule is CCOc1ccc2ccccc2c1C(=O)N(CCN(C)C)c1nc2c(F)cc(F)cc2s1. The number of benzene rings is 3. The molecule has 0 unspecified atom stereocenters. The highest BCUT2D eigenvalue weighted by Crippen LogP contribution is 2.35. The van der Waals surface area contributed by atoms with Crippen LogP contribution in [0, 0.1) is 11.6 Å². The average Bonchev–Trinajstić information content (AvgIpc) is 3.17. The summed E-state index contributed by atoms with van der Waals surface area (Å²) in [6.45, 7) is 3.15. The van der Waals surface area contributed by atoms with Crippen molar-refractivity contribution in [1.29, 1.82) is 0 Å². The summed E-state index contributed by atoms with van der Waals surface area (Å²) in [5.74, 6) is -1.25. The van der Waals surface area contributed by atoms with Gasteiger partial charge in [-0.1, -0.05) is 41.7 Å². The van der Waals surface area contributed by atoms with Crippen LogP contribution in [-0.2, 0) is 0 Å². The lowest BCUT2D eigenvalue weighted by molar-refractivity contribution is 0.0983. The molecule has 0 atom stereocenters. The minimum atomic E-state index is -0.748. The Morgan fingerprint density at radius 2 is 1.88 bits per heavy atom. The topological polar surface area (TPSA) is 45.7 Å². The van der Waals surface area contributed by atoms with Crippen molar-refractivity contribution in [2.24, 2.45) is 0 Å². The quantitative estimate of drug-likeness (QED) is 0.378. The number of hydrogen-bond acceptors (Lipinski definition) is 5. The van der Waals surface area contributed by atoms with Crippen LogP contribution in [0.15, 0.2) is 48.5 Å². The van der Waals surface area contributed by atoms with Crippen molar-refractivity contribution < 1.29 is 18.3 Å². The second-order valence-electron chi connectivity index (χ2n) is 7.58. The van der Waals surface area contributed by atoms with E-state index in [2.05, 4.69) is 4.98 Å². The third kappa shape index (κ3) is 4.28. The van der Waals surface area contributed by atoms with Crippen molar-refractivity contribution in [3.05, 3.63) is 65.7 Å². The molecular formula is C24H23F2N3O2S. The summed E-state index contributed by atoms with van der Waals surface area (Å²) in [6.07, 6.45) is 0. The van der Waals surface area contributed by atoms with Crippen LogP contribution < -0.4 is 9.64 Å². The summed E-state index contributed by atoms with van der Waals surface area (Å²) >= 11 is 1.09. The van der Waals surface area contributed by atoms with Crippen LogP contribution in [0.4, 0.5) is 13.9 Å². The van der Waals surface area contributed by atoms with Crippen molar-refractivity contribution in [3.8, 4) is 5.75 Å². The van der Waals surface area contributed by atoms with Crippen molar-refractivity contribution in [2.45, 2.75) is 6.92 Å². The molecule has 0 radical (unpaired) electrons. The monoisotopic (exact) mass is 455 g/mol. The molecule has 3 aromatic carbocycles. The van der Waals surface area contributed by atoms with Gasteiger partial charge in [0.25, 0.3) is 5.91 Å². The molecule has 32 heavy (non-hydrogen) atoms. The van der Waals surface area contributed by atoms with Crippen molar-refractivity contribution in [2.75, 3.05) is 38.7 Å². The summed E-state index contributed by atoms with van der Waals surface area (Å²) in [4.78, 5) is 21.7. The number of nitrogens with zero attached hydrogens (tertiary/aromatic N) is 3. The number of fused-ring (bicyclic) bond motifs is 2. The van der Waals surface area contributed by atoms with Gasteiger partial charge in [-0.3, -0.25) is 9.69 Å². The van der Waals surface area contributed by atoms with Crippen LogP contribution in [0.25, 0.3) is 21.0 Å². The number of carbonyl (C=O) groups is 1. The van der Waals surface area contributed by atoms with E-state index in [1.807, 2.05) is 56.3 Å². The number of amides is 1. The van der Waals surface area contributed by atoms with Crippen LogP contribution in [0.5, 0.6) is 5.75 Å². The first-order valence-electron chi connectivity index (χ1n) is 10.3. The predicted molar refractivity (Wildman–Crippen MR) is 125 cm³/mol. The van der Waals surface area contributed by atoms with Gasteiger partial charge in [0, 0.05) is 19.2 Å². The number of halogens is 2. The highest BCUT2D eigenvalue weighted by molar-refractivity contribution is 7.22. The van der Waals surface area contributed by atoms with Crippen LogP contribution in [0.2, 0.25) is 0 Å². The Hall–Kier alpha value is -3.10. The summed E-state index contributed by atoms with van der Waals surface area (Å²) in [7, 11) is 3.80. The first kappa shape index (κ1) is 22.1. The molecule has 4 rings (SSSR count). The molecule has 1 amide bonds. The minimum Gasteiger partial charge on any atom is -0.493 e. The zero-order chi connectivity index (χ0) is 22.8. The number of thiazole rings is 1. The Morgan fingerprint density at radius 3 is 2.62 bits per heavy atom. The Bertz CT molecular complexity index is 1290. The predicted octanol–water partition coefficient (Wildman–Crippen LogP) is 5.33. The first-order chi connectivity index (χ1) is 15.4. The van der Waals surface area contributed by atoms with E-state index in [-0.39, 0.29) is 11.4 Å². The maximum atomic E-state index is 14.3. The molecule has 1 heterocycles. The lowest BCUT2D eigenvalue weighted by atomic mass is 10.0. The van der Waals surface area contributed by atoms with E-state index in [9.17, 15) is 13.6 Å². The zero-order valence-electron chi connectivity index (χ0n) is 18.1. The molecule has 0 aliphatic heterocycles. The van der Waals surface area contributed by atoms with E-state index in [0.717, 1.165) is 28.2 Å². The van der Waals surface area contributed by atoms with Gasteiger partial charge in [-0.25, -0.2) is 13.8 Å². The van der Waals surface area contributed by atoms with E-state index in [0.29, 0.717) is 40.8 Å². The number of anilines is 1. The summed E-state index contributed by atoms with van der Waals surface area (Å²) < 4.78 is 34.2. The van der Waals surface area contributed by atoms with Gasteiger partial charge in [0.15, 0.2) is 10.9 Å². The first-order valence-corrected chi connectivity index (χ1v) is 11.1. The fraction of sp³-hybridized carbons (Fsp3) is 0.250. The van der Waals surface area contributed by atoms with Crippen LogP contribution in [0.3, 0.4) is 0 Å². The van der Waals surface area contributed by atoms with E-state index in [1.165, 1.54) is 11.0 Å². The fourth-order valence-corrected chi connectivity index (χ4v) is 4.56. The lowest BCUT2D eigenvalue weighted by Gasteiger charge is -2.24. The van der Waals surface area contributed by atoms with Gasteiger partial charge in [-0.05, 0) is 43.9 Å². The fourth-order valence-electron chi connectivity index (χ4n) is 3.53. The molecular weight excluding hydrogens is 432 g/mol. The Morgan fingerprint density at radius 1 is 1.09 bits per heavy atom. The summed E-state index contributed by atoms with van der Waals surface area (Å²) in [5, 5.41) is 1.98. The Kier molecular flexibility index (Phi) is 6.34.